The number of methoxy groups -OCH3 is 2. The van der Waals surface area contributed by atoms with Crippen molar-refractivity contribution in [3.63, 3.8) is 0 Å². The number of hydrogen-bond acceptors (Lipinski definition) is 5. The molecule has 2 amide bonds. The number of hydrogen-bond donors (Lipinski definition) is 0. The third kappa shape index (κ3) is 5.12. The van der Waals surface area contributed by atoms with Crippen LogP contribution in [0.1, 0.15) is 24.8 Å². The first kappa shape index (κ1) is 19.6. The Hall–Kier alpha value is -2.75. The summed E-state index contributed by atoms with van der Waals surface area (Å²) in [5, 5.41) is 8.65. The first-order chi connectivity index (χ1) is 12.6. The van der Waals surface area contributed by atoms with Crippen molar-refractivity contribution in [1.29, 1.82) is 5.26 Å². The summed E-state index contributed by atoms with van der Waals surface area (Å²) in [6, 6.07) is 7.54. The normalized spacial score (nSPS) is 14.3. The number of carbonyl (C=O) groups excluding carboxylic acids is 2. The molecule has 1 aromatic rings. The Labute approximate surface area is 154 Å². The van der Waals surface area contributed by atoms with E-state index in [0.717, 1.165) is 12.0 Å². The Balaban J connectivity index is 1.88. The predicted octanol–water partition coefficient (Wildman–Crippen LogP) is 1.61. The van der Waals surface area contributed by atoms with Gasteiger partial charge < -0.3 is 19.3 Å². The van der Waals surface area contributed by atoms with Crippen LogP contribution < -0.4 is 9.47 Å². The number of benzene rings is 1. The molecular weight excluding hydrogens is 334 g/mol. The molecule has 1 aliphatic heterocycles. The molecule has 1 saturated heterocycles. The lowest BCUT2D eigenvalue weighted by Crippen LogP contribution is -2.37. The van der Waals surface area contributed by atoms with Gasteiger partial charge in [0.05, 0.1) is 20.3 Å². The maximum absolute atomic E-state index is 12.5. The summed E-state index contributed by atoms with van der Waals surface area (Å²) >= 11 is 0. The van der Waals surface area contributed by atoms with Crippen molar-refractivity contribution in [2.24, 2.45) is 0 Å². The zero-order chi connectivity index (χ0) is 18.9. The Kier molecular flexibility index (Phi) is 7.27. The number of nitrogens with zero attached hydrogens (tertiary/aromatic N) is 3. The van der Waals surface area contributed by atoms with Gasteiger partial charge in [-0.25, -0.2) is 0 Å². The third-order valence-corrected chi connectivity index (χ3v) is 4.51. The maximum atomic E-state index is 12.5. The van der Waals surface area contributed by atoms with Crippen LogP contribution >= 0.6 is 0 Å². The molecule has 26 heavy (non-hydrogen) atoms. The molecule has 0 N–H and O–H groups in total. The molecular formula is C19H25N3O4. The fraction of sp³-hybridized carbons (Fsp3) is 0.526. The van der Waals surface area contributed by atoms with E-state index in [2.05, 4.69) is 0 Å². The standard InChI is InChI=1S/C19H25N3O4/c1-25-16-6-4-15(14-17(16)26-2)5-7-18(23)21-10-3-11-22(13-12-21)19(24)8-9-20/h4,6,14H,3,5,7-8,10-13H2,1-2H3. The first-order valence-electron chi connectivity index (χ1n) is 8.72. The monoisotopic (exact) mass is 359 g/mol. The molecule has 0 spiro atoms. The van der Waals surface area contributed by atoms with Gasteiger partial charge in [0.15, 0.2) is 11.5 Å². The lowest BCUT2D eigenvalue weighted by molar-refractivity contribution is -0.133. The summed E-state index contributed by atoms with van der Waals surface area (Å²) in [7, 11) is 3.18. The summed E-state index contributed by atoms with van der Waals surface area (Å²) in [5.74, 6) is 1.23. The molecule has 0 atom stereocenters. The van der Waals surface area contributed by atoms with Gasteiger partial charge in [-0.05, 0) is 30.5 Å². The van der Waals surface area contributed by atoms with Gasteiger partial charge in [-0.2, -0.15) is 5.26 Å². The minimum absolute atomic E-state index is 0.0781. The highest BCUT2D eigenvalue weighted by Gasteiger charge is 2.21. The van der Waals surface area contributed by atoms with E-state index in [-0.39, 0.29) is 18.2 Å². The number of amides is 2. The average molecular weight is 359 g/mol. The van der Waals surface area contributed by atoms with E-state index in [4.69, 9.17) is 14.7 Å². The lowest BCUT2D eigenvalue weighted by Gasteiger charge is -2.21. The van der Waals surface area contributed by atoms with Crippen LogP contribution in [0.2, 0.25) is 0 Å². The Morgan fingerprint density at radius 3 is 2.31 bits per heavy atom. The molecule has 0 aliphatic carbocycles. The topological polar surface area (TPSA) is 82.9 Å². The van der Waals surface area contributed by atoms with Crippen molar-refractivity contribution >= 4 is 11.8 Å². The van der Waals surface area contributed by atoms with Crippen molar-refractivity contribution < 1.29 is 19.1 Å². The number of ether oxygens (including phenoxy) is 2. The second-order valence-corrected chi connectivity index (χ2v) is 6.14. The van der Waals surface area contributed by atoms with Crippen LogP contribution in [0.5, 0.6) is 11.5 Å². The van der Waals surface area contributed by atoms with Crippen molar-refractivity contribution in [1.82, 2.24) is 9.80 Å². The zero-order valence-corrected chi connectivity index (χ0v) is 15.4. The van der Waals surface area contributed by atoms with Crippen LogP contribution in [-0.4, -0.2) is 62.0 Å². The van der Waals surface area contributed by atoms with Crippen molar-refractivity contribution in [2.45, 2.75) is 25.7 Å². The van der Waals surface area contributed by atoms with E-state index < -0.39 is 0 Å². The highest BCUT2D eigenvalue weighted by molar-refractivity contribution is 5.79. The highest BCUT2D eigenvalue weighted by atomic mass is 16.5. The maximum Gasteiger partial charge on any atom is 0.236 e. The van der Waals surface area contributed by atoms with E-state index >= 15 is 0 Å². The first-order valence-corrected chi connectivity index (χ1v) is 8.72. The van der Waals surface area contributed by atoms with E-state index in [9.17, 15) is 9.59 Å². The molecule has 7 nitrogen and oxygen atoms in total. The number of nitriles is 1. The molecule has 0 bridgehead atoms. The third-order valence-electron chi connectivity index (χ3n) is 4.51. The van der Waals surface area contributed by atoms with Crippen molar-refractivity contribution in [3.05, 3.63) is 23.8 Å². The fourth-order valence-corrected chi connectivity index (χ4v) is 3.04. The molecule has 0 aromatic heterocycles. The molecule has 0 unspecified atom stereocenters. The van der Waals surface area contributed by atoms with Crippen LogP contribution in [0.25, 0.3) is 0 Å². The molecule has 1 heterocycles. The van der Waals surface area contributed by atoms with E-state index in [1.807, 2.05) is 24.3 Å². The van der Waals surface area contributed by atoms with Gasteiger partial charge in [-0.15, -0.1) is 0 Å². The average Bonchev–Trinajstić information content (AvgIpc) is 2.92. The smallest absolute Gasteiger partial charge is 0.236 e. The minimum Gasteiger partial charge on any atom is -0.493 e. The van der Waals surface area contributed by atoms with Gasteiger partial charge in [0, 0.05) is 32.6 Å². The Morgan fingerprint density at radius 2 is 1.69 bits per heavy atom. The van der Waals surface area contributed by atoms with Gasteiger partial charge in [0.2, 0.25) is 11.8 Å². The van der Waals surface area contributed by atoms with E-state index in [1.165, 1.54) is 0 Å². The van der Waals surface area contributed by atoms with Gasteiger partial charge in [0.25, 0.3) is 0 Å². The zero-order valence-electron chi connectivity index (χ0n) is 15.4. The molecule has 7 heteroatoms. The second kappa shape index (κ2) is 9.66. The lowest BCUT2D eigenvalue weighted by atomic mass is 10.1. The molecule has 1 aliphatic rings. The fourth-order valence-electron chi connectivity index (χ4n) is 3.04. The minimum atomic E-state index is -0.160. The Bertz CT molecular complexity index is 684. The highest BCUT2D eigenvalue weighted by Crippen LogP contribution is 2.28. The number of aryl methyl sites for hydroxylation is 1. The van der Waals surface area contributed by atoms with Gasteiger partial charge in [-0.3, -0.25) is 9.59 Å². The predicted molar refractivity (Wildman–Crippen MR) is 95.9 cm³/mol. The molecule has 1 fully saturated rings. The molecule has 140 valence electrons. The van der Waals surface area contributed by atoms with Crippen LogP contribution in [-0.2, 0) is 16.0 Å². The SMILES string of the molecule is COc1ccc(CCC(=O)N2CCCN(C(=O)CC#N)CC2)cc1OC. The molecule has 0 radical (unpaired) electrons. The molecule has 0 saturated carbocycles. The van der Waals surface area contributed by atoms with Gasteiger partial charge in [-0.1, -0.05) is 6.07 Å². The largest absolute Gasteiger partial charge is 0.493 e. The van der Waals surface area contributed by atoms with Crippen LogP contribution in [0.3, 0.4) is 0 Å². The van der Waals surface area contributed by atoms with Crippen LogP contribution in [0, 0.1) is 11.3 Å². The summed E-state index contributed by atoms with van der Waals surface area (Å²) in [5.41, 5.74) is 1.01. The van der Waals surface area contributed by atoms with Gasteiger partial charge in [0.1, 0.15) is 6.42 Å². The summed E-state index contributed by atoms with van der Waals surface area (Å²) in [4.78, 5) is 27.8. The Morgan fingerprint density at radius 1 is 1.04 bits per heavy atom. The number of carbonyl (C=O) groups is 2. The van der Waals surface area contributed by atoms with Crippen molar-refractivity contribution in [2.75, 3.05) is 40.4 Å². The van der Waals surface area contributed by atoms with Crippen LogP contribution in [0.15, 0.2) is 18.2 Å². The van der Waals surface area contributed by atoms with Crippen molar-refractivity contribution in [3.8, 4) is 17.6 Å². The van der Waals surface area contributed by atoms with Gasteiger partial charge >= 0.3 is 0 Å². The van der Waals surface area contributed by atoms with E-state index in [0.29, 0.717) is 50.5 Å². The summed E-state index contributed by atoms with van der Waals surface area (Å²) < 4.78 is 10.5. The van der Waals surface area contributed by atoms with Crippen LogP contribution in [0.4, 0.5) is 0 Å². The quantitative estimate of drug-likeness (QED) is 0.771. The van der Waals surface area contributed by atoms with E-state index in [1.54, 1.807) is 24.0 Å². The summed E-state index contributed by atoms with van der Waals surface area (Å²) in [6.07, 6.45) is 1.65. The molecule has 1 aromatic carbocycles. The number of rotatable bonds is 6. The second-order valence-electron chi connectivity index (χ2n) is 6.14. The molecule has 2 rings (SSSR count). The summed E-state index contributed by atoms with van der Waals surface area (Å²) in [6.45, 7) is 2.24.